The van der Waals surface area contributed by atoms with E-state index in [9.17, 15) is 4.39 Å². The molecular weight excluding hydrogens is 225 g/mol. The summed E-state index contributed by atoms with van der Waals surface area (Å²) in [5.74, 6) is -0.201. The Morgan fingerprint density at radius 1 is 1.17 bits per heavy atom. The number of nitrogens with one attached hydrogen (secondary N) is 1. The predicted molar refractivity (Wildman–Crippen MR) is 77.3 cm³/mol. The number of anilines is 1. The molecule has 18 heavy (non-hydrogen) atoms. The van der Waals surface area contributed by atoms with E-state index in [0.717, 1.165) is 12.8 Å². The Morgan fingerprint density at radius 2 is 1.89 bits per heavy atom. The summed E-state index contributed by atoms with van der Waals surface area (Å²) in [6.45, 7) is 7.00. The molecule has 0 radical (unpaired) electrons. The summed E-state index contributed by atoms with van der Waals surface area (Å²) in [4.78, 5) is 0. The molecule has 0 amide bonds. The molecule has 0 bridgehead atoms. The van der Waals surface area contributed by atoms with Crippen LogP contribution in [0.2, 0.25) is 0 Å². The predicted octanol–water partition coefficient (Wildman–Crippen LogP) is 4.93. The van der Waals surface area contributed by atoms with Gasteiger partial charge in [0, 0.05) is 6.54 Å². The number of para-hydroxylation sites is 1. The highest BCUT2D eigenvalue weighted by Gasteiger charge is 1.97. The minimum Gasteiger partial charge on any atom is -0.379 e. The topological polar surface area (TPSA) is 12.0 Å². The minimum atomic E-state index is -0.201. The van der Waals surface area contributed by atoms with E-state index in [4.69, 9.17) is 0 Å². The monoisotopic (exact) mass is 247 g/mol. The molecule has 0 heterocycles. The number of allylic oxidation sites excluding steroid dienone is 3. The maximum Gasteiger partial charge on any atom is 0.146 e. The smallest absolute Gasteiger partial charge is 0.146 e. The molecule has 0 aromatic heterocycles. The summed E-state index contributed by atoms with van der Waals surface area (Å²) in [5, 5.41) is 3.08. The molecule has 0 spiro atoms. The number of halogens is 1. The van der Waals surface area contributed by atoms with Crippen LogP contribution in [0.25, 0.3) is 0 Å². The summed E-state index contributed by atoms with van der Waals surface area (Å²) in [6.07, 6.45) is 6.49. The Morgan fingerprint density at radius 3 is 2.56 bits per heavy atom. The summed E-state index contributed by atoms with van der Waals surface area (Å²) in [7, 11) is 0. The number of hydrogen-bond donors (Lipinski definition) is 1. The third-order valence-corrected chi connectivity index (χ3v) is 2.71. The van der Waals surface area contributed by atoms with Crippen molar-refractivity contribution in [2.75, 3.05) is 11.9 Å². The fraction of sp³-hybridized carbons (Fsp3) is 0.375. The maximum atomic E-state index is 13.3. The summed E-state index contributed by atoms with van der Waals surface area (Å²) in [6, 6.07) is 6.74. The van der Waals surface area contributed by atoms with Crippen molar-refractivity contribution in [3.63, 3.8) is 0 Å². The summed E-state index contributed by atoms with van der Waals surface area (Å²) >= 11 is 0. The molecule has 1 aromatic rings. The molecule has 1 N–H and O–H groups in total. The average Bonchev–Trinajstić information content (AvgIpc) is 2.31. The van der Waals surface area contributed by atoms with Gasteiger partial charge >= 0.3 is 0 Å². The van der Waals surface area contributed by atoms with Crippen LogP contribution in [0.1, 0.15) is 33.6 Å². The molecule has 0 saturated heterocycles. The van der Waals surface area contributed by atoms with Crippen molar-refractivity contribution in [2.45, 2.75) is 33.6 Å². The van der Waals surface area contributed by atoms with E-state index in [1.165, 1.54) is 17.2 Å². The van der Waals surface area contributed by atoms with E-state index in [0.29, 0.717) is 12.2 Å². The second-order valence-corrected chi connectivity index (χ2v) is 4.73. The van der Waals surface area contributed by atoms with Gasteiger partial charge in [-0.2, -0.15) is 0 Å². The molecule has 0 fully saturated rings. The number of hydrogen-bond acceptors (Lipinski definition) is 1. The number of benzene rings is 1. The molecule has 0 saturated carbocycles. The van der Waals surface area contributed by atoms with Crippen LogP contribution in [0.15, 0.2) is 47.6 Å². The van der Waals surface area contributed by atoms with Crippen LogP contribution in [0, 0.1) is 5.82 Å². The van der Waals surface area contributed by atoms with Gasteiger partial charge in [0.15, 0.2) is 0 Å². The highest BCUT2D eigenvalue weighted by molar-refractivity contribution is 5.44. The molecule has 2 heteroatoms. The zero-order valence-corrected chi connectivity index (χ0v) is 11.5. The second-order valence-electron chi connectivity index (χ2n) is 4.73. The van der Waals surface area contributed by atoms with E-state index in [-0.39, 0.29) is 5.82 Å². The van der Waals surface area contributed by atoms with Crippen LogP contribution in [0.4, 0.5) is 10.1 Å². The van der Waals surface area contributed by atoms with Gasteiger partial charge in [0.25, 0.3) is 0 Å². The van der Waals surface area contributed by atoms with E-state index in [1.807, 2.05) is 6.07 Å². The van der Waals surface area contributed by atoms with Gasteiger partial charge in [0.05, 0.1) is 5.69 Å². The van der Waals surface area contributed by atoms with Gasteiger partial charge in [-0.15, -0.1) is 0 Å². The zero-order chi connectivity index (χ0) is 13.4. The van der Waals surface area contributed by atoms with Crippen LogP contribution >= 0.6 is 0 Å². The van der Waals surface area contributed by atoms with Crippen LogP contribution in [-0.2, 0) is 0 Å². The van der Waals surface area contributed by atoms with Crippen molar-refractivity contribution in [3.05, 3.63) is 53.4 Å². The van der Waals surface area contributed by atoms with Crippen molar-refractivity contribution in [3.8, 4) is 0 Å². The largest absolute Gasteiger partial charge is 0.379 e. The number of rotatable bonds is 6. The Kier molecular flexibility index (Phi) is 6.20. The third kappa shape index (κ3) is 5.67. The second kappa shape index (κ2) is 7.70. The van der Waals surface area contributed by atoms with E-state index >= 15 is 0 Å². The Balaban J connectivity index is 2.36. The molecule has 0 aliphatic heterocycles. The van der Waals surface area contributed by atoms with Crippen LogP contribution in [0.5, 0.6) is 0 Å². The third-order valence-electron chi connectivity index (χ3n) is 2.71. The first-order chi connectivity index (χ1) is 8.59. The average molecular weight is 247 g/mol. The molecular formula is C16H22FN. The zero-order valence-electron chi connectivity index (χ0n) is 11.5. The Labute approximate surface area is 109 Å². The SMILES string of the molecule is CC(C)=CCC/C(C)=C/CNc1ccccc1F. The van der Waals surface area contributed by atoms with Gasteiger partial charge in [-0.1, -0.05) is 35.4 Å². The quantitative estimate of drug-likeness (QED) is 0.703. The highest BCUT2D eigenvalue weighted by atomic mass is 19.1. The van der Waals surface area contributed by atoms with Gasteiger partial charge in [-0.25, -0.2) is 4.39 Å². The van der Waals surface area contributed by atoms with Gasteiger partial charge in [-0.3, -0.25) is 0 Å². The molecule has 0 atom stereocenters. The van der Waals surface area contributed by atoms with E-state index < -0.39 is 0 Å². The van der Waals surface area contributed by atoms with Crippen LogP contribution < -0.4 is 5.32 Å². The van der Waals surface area contributed by atoms with Crippen LogP contribution in [-0.4, -0.2) is 6.54 Å². The van der Waals surface area contributed by atoms with Crippen LogP contribution in [0.3, 0.4) is 0 Å². The minimum absolute atomic E-state index is 0.201. The van der Waals surface area contributed by atoms with Gasteiger partial charge < -0.3 is 5.32 Å². The standard InChI is InChI=1S/C16H22FN/c1-13(2)7-6-8-14(3)11-12-18-16-10-5-4-9-15(16)17/h4-5,7,9-11,18H,6,8,12H2,1-3H3/b14-11+. The molecule has 98 valence electrons. The van der Waals surface area contributed by atoms with Crippen molar-refractivity contribution < 1.29 is 4.39 Å². The maximum absolute atomic E-state index is 13.3. The summed E-state index contributed by atoms with van der Waals surface area (Å²) in [5.41, 5.74) is 3.24. The molecule has 0 aliphatic rings. The van der Waals surface area contributed by atoms with E-state index in [1.54, 1.807) is 12.1 Å². The van der Waals surface area contributed by atoms with Gasteiger partial charge in [0.2, 0.25) is 0 Å². The Hall–Kier alpha value is -1.57. The fourth-order valence-corrected chi connectivity index (χ4v) is 1.63. The van der Waals surface area contributed by atoms with Crippen molar-refractivity contribution in [1.29, 1.82) is 0 Å². The fourth-order valence-electron chi connectivity index (χ4n) is 1.63. The normalized spacial score (nSPS) is 11.2. The Bertz CT molecular complexity index is 428. The highest BCUT2D eigenvalue weighted by Crippen LogP contribution is 2.12. The molecule has 1 aromatic carbocycles. The summed E-state index contributed by atoms with van der Waals surface area (Å²) < 4.78 is 13.3. The first-order valence-corrected chi connectivity index (χ1v) is 6.37. The molecule has 0 unspecified atom stereocenters. The molecule has 1 nitrogen and oxygen atoms in total. The first-order valence-electron chi connectivity index (χ1n) is 6.37. The first kappa shape index (κ1) is 14.5. The molecule has 0 aliphatic carbocycles. The lowest BCUT2D eigenvalue weighted by molar-refractivity contribution is 0.631. The van der Waals surface area contributed by atoms with Crippen molar-refractivity contribution in [2.24, 2.45) is 0 Å². The van der Waals surface area contributed by atoms with Gasteiger partial charge in [0.1, 0.15) is 5.82 Å². The van der Waals surface area contributed by atoms with Crippen molar-refractivity contribution in [1.82, 2.24) is 0 Å². The van der Waals surface area contributed by atoms with Gasteiger partial charge in [-0.05, 0) is 45.7 Å². The lowest BCUT2D eigenvalue weighted by Crippen LogP contribution is -2.01. The lowest BCUT2D eigenvalue weighted by atomic mass is 10.1. The van der Waals surface area contributed by atoms with Crippen molar-refractivity contribution >= 4 is 5.69 Å². The molecule has 1 rings (SSSR count). The van der Waals surface area contributed by atoms with E-state index in [2.05, 4.69) is 38.2 Å². The lowest BCUT2D eigenvalue weighted by Gasteiger charge is -2.05.